The molecule has 53 valence electrons. The first-order valence-electron chi connectivity index (χ1n) is 3.31. The quantitative estimate of drug-likeness (QED) is 0.515. The minimum absolute atomic E-state index is 0.0729. The Morgan fingerprint density at radius 3 is 2.44 bits per heavy atom. The van der Waals surface area contributed by atoms with E-state index in [1.165, 1.54) is 0 Å². The van der Waals surface area contributed by atoms with Crippen LogP contribution < -0.4 is 0 Å². The lowest BCUT2D eigenvalue weighted by atomic mass is 10.1. The Morgan fingerprint density at radius 1 is 1.56 bits per heavy atom. The second-order valence-electron chi connectivity index (χ2n) is 2.69. The van der Waals surface area contributed by atoms with Gasteiger partial charge >= 0.3 is 0 Å². The van der Waals surface area contributed by atoms with Crippen molar-refractivity contribution < 1.29 is 8.78 Å². The smallest absolute Gasteiger partial charge is 0.207 e. The van der Waals surface area contributed by atoms with E-state index in [4.69, 9.17) is 0 Å². The second kappa shape index (κ2) is 2.24. The van der Waals surface area contributed by atoms with E-state index in [0.717, 1.165) is 0 Å². The van der Waals surface area contributed by atoms with Gasteiger partial charge in [0, 0.05) is 12.8 Å². The number of halogens is 2. The van der Waals surface area contributed by atoms with Gasteiger partial charge in [-0.05, 0) is 18.8 Å². The van der Waals surface area contributed by atoms with Gasteiger partial charge in [-0.2, -0.15) is 0 Å². The molecule has 1 aliphatic carbocycles. The molecule has 0 aromatic heterocycles. The summed E-state index contributed by atoms with van der Waals surface area (Å²) in [5, 5.41) is 0. The van der Waals surface area contributed by atoms with Gasteiger partial charge in [0.25, 0.3) is 0 Å². The molecule has 2 heteroatoms. The molecule has 0 saturated heterocycles. The van der Waals surface area contributed by atoms with E-state index in [2.05, 4.69) is 0 Å². The van der Waals surface area contributed by atoms with Crippen molar-refractivity contribution in [3.05, 3.63) is 6.42 Å². The molecule has 1 radical (unpaired) electrons. The van der Waals surface area contributed by atoms with Crippen molar-refractivity contribution in [2.75, 3.05) is 0 Å². The molecule has 9 heavy (non-hydrogen) atoms. The van der Waals surface area contributed by atoms with Crippen LogP contribution in [0.3, 0.4) is 0 Å². The molecule has 1 atom stereocenters. The highest BCUT2D eigenvalue weighted by atomic mass is 19.3. The van der Waals surface area contributed by atoms with Gasteiger partial charge in [0.2, 0.25) is 5.92 Å². The second-order valence-corrected chi connectivity index (χ2v) is 2.69. The van der Waals surface area contributed by atoms with Crippen molar-refractivity contribution in [1.29, 1.82) is 0 Å². The zero-order valence-electron chi connectivity index (χ0n) is 5.53. The normalized spacial score (nSPS) is 33.0. The standard InChI is InChI=1S/C7H11F2/c1-2-6-3-4-7(8,9)5-6/h2,6H,3-5H2,1H3. The average molecular weight is 133 g/mol. The van der Waals surface area contributed by atoms with Crippen molar-refractivity contribution in [3.63, 3.8) is 0 Å². The lowest BCUT2D eigenvalue weighted by molar-refractivity contribution is 0.00625. The van der Waals surface area contributed by atoms with Crippen LogP contribution in [-0.4, -0.2) is 5.92 Å². The maximum absolute atomic E-state index is 12.4. The van der Waals surface area contributed by atoms with E-state index in [-0.39, 0.29) is 18.8 Å². The van der Waals surface area contributed by atoms with E-state index in [9.17, 15) is 8.78 Å². The van der Waals surface area contributed by atoms with Crippen molar-refractivity contribution in [2.45, 2.75) is 32.1 Å². The van der Waals surface area contributed by atoms with Crippen molar-refractivity contribution >= 4 is 0 Å². The van der Waals surface area contributed by atoms with Gasteiger partial charge in [0.15, 0.2) is 0 Å². The molecule has 0 nitrogen and oxygen atoms in total. The van der Waals surface area contributed by atoms with Crippen LogP contribution in [0.2, 0.25) is 0 Å². The van der Waals surface area contributed by atoms with E-state index >= 15 is 0 Å². The van der Waals surface area contributed by atoms with Crippen LogP contribution in [-0.2, 0) is 0 Å². The summed E-state index contributed by atoms with van der Waals surface area (Å²) in [6.07, 6.45) is 2.70. The Morgan fingerprint density at radius 2 is 2.22 bits per heavy atom. The monoisotopic (exact) mass is 133 g/mol. The summed E-state index contributed by atoms with van der Waals surface area (Å²) in [6, 6.07) is 0. The Bertz CT molecular complexity index is 99.1. The molecule has 0 amide bonds. The highest BCUT2D eigenvalue weighted by Crippen LogP contribution is 2.39. The first-order chi connectivity index (χ1) is 4.14. The van der Waals surface area contributed by atoms with Crippen molar-refractivity contribution in [2.24, 2.45) is 5.92 Å². The summed E-state index contributed by atoms with van der Waals surface area (Å²) in [7, 11) is 0. The molecule has 1 saturated carbocycles. The molecule has 0 N–H and O–H groups in total. The number of hydrogen-bond donors (Lipinski definition) is 0. The number of rotatable bonds is 1. The average Bonchev–Trinajstić information content (AvgIpc) is 2.10. The Labute approximate surface area is 54.3 Å². The number of hydrogen-bond acceptors (Lipinski definition) is 0. The van der Waals surface area contributed by atoms with E-state index < -0.39 is 5.92 Å². The topological polar surface area (TPSA) is 0 Å². The maximum Gasteiger partial charge on any atom is 0.248 e. The van der Waals surface area contributed by atoms with Crippen LogP contribution in [0.4, 0.5) is 8.78 Å². The van der Waals surface area contributed by atoms with Gasteiger partial charge in [0.1, 0.15) is 0 Å². The zero-order chi connectivity index (χ0) is 6.91. The van der Waals surface area contributed by atoms with Crippen molar-refractivity contribution in [3.8, 4) is 0 Å². The SMILES string of the molecule is C[CH]C1CCC(F)(F)C1. The molecular formula is C7H11F2. The molecule has 0 spiro atoms. The highest BCUT2D eigenvalue weighted by Gasteiger charge is 2.38. The third-order valence-corrected chi connectivity index (χ3v) is 1.91. The van der Waals surface area contributed by atoms with E-state index in [1.54, 1.807) is 0 Å². The predicted octanol–water partition coefficient (Wildman–Crippen LogP) is 2.65. The minimum Gasteiger partial charge on any atom is -0.207 e. The van der Waals surface area contributed by atoms with Gasteiger partial charge < -0.3 is 0 Å². The number of alkyl halides is 2. The van der Waals surface area contributed by atoms with Crippen LogP contribution in [0.1, 0.15) is 26.2 Å². The summed E-state index contributed by atoms with van der Waals surface area (Å²) in [5.41, 5.74) is 0. The summed E-state index contributed by atoms with van der Waals surface area (Å²) >= 11 is 0. The van der Waals surface area contributed by atoms with E-state index in [1.807, 2.05) is 13.3 Å². The molecule has 0 aromatic carbocycles. The molecule has 1 aliphatic rings. The minimum atomic E-state index is -2.36. The van der Waals surface area contributed by atoms with Gasteiger partial charge in [0.05, 0.1) is 0 Å². The molecule has 0 bridgehead atoms. The predicted molar refractivity (Wildman–Crippen MR) is 32.3 cm³/mol. The van der Waals surface area contributed by atoms with Crippen LogP contribution >= 0.6 is 0 Å². The molecule has 1 unspecified atom stereocenters. The first kappa shape index (κ1) is 6.97. The summed E-state index contributed by atoms with van der Waals surface area (Å²) in [6.45, 7) is 1.85. The Kier molecular flexibility index (Phi) is 1.73. The fraction of sp³-hybridized carbons (Fsp3) is 0.857. The van der Waals surface area contributed by atoms with Gasteiger partial charge in [-0.3, -0.25) is 0 Å². The van der Waals surface area contributed by atoms with Crippen LogP contribution in [0.15, 0.2) is 0 Å². The van der Waals surface area contributed by atoms with Crippen LogP contribution in [0, 0.1) is 12.3 Å². The van der Waals surface area contributed by atoms with Gasteiger partial charge in [-0.1, -0.05) is 6.92 Å². The molecular weight excluding hydrogens is 122 g/mol. The molecule has 0 heterocycles. The molecule has 0 aromatic rings. The molecule has 1 rings (SSSR count). The Hall–Kier alpha value is -0.140. The Balaban J connectivity index is 2.38. The fourth-order valence-corrected chi connectivity index (χ4v) is 1.27. The highest BCUT2D eigenvalue weighted by molar-refractivity contribution is 4.86. The molecule has 0 aliphatic heterocycles. The van der Waals surface area contributed by atoms with Gasteiger partial charge in [-0.15, -0.1) is 0 Å². The molecule has 1 fully saturated rings. The van der Waals surface area contributed by atoms with Crippen LogP contribution in [0.25, 0.3) is 0 Å². The summed E-state index contributed by atoms with van der Waals surface area (Å²) < 4.78 is 24.7. The summed E-state index contributed by atoms with van der Waals surface area (Å²) in [4.78, 5) is 0. The first-order valence-corrected chi connectivity index (χ1v) is 3.31. The lowest BCUT2D eigenvalue weighted by Gasteiger charge is -2.06. The van der Waals surface area contributed by atoms with E-state index in [0.29, 0.717) is 6.42 Å². The third-order valence-electron chi connectivity index (χ3n) is 1.91. The van der Waals surface area contributed by atoms with Gasteiger partial charge in [-0.25, -0.2) is 8.78 Å². The maximum atomic E-state index is 12.4. The van der Waals surface area contributed by atoms with Crippen molar-refractivity contribution in [1.82, 2.24) is 0 Å². The zero-order valence-corrected chi connectivity index (χ0v) is 5.53. The van der Waals surface area contributed by atoms with Crippen LogP contribution in [0.5, 0.6) is 0 Å². The summed E-state index contributed by atoms with van der Waals surface area (Å²) in [5.74, 6) is -2.20. The lowest BCUT2D eigenvalue weighted by Crippen LogP contribution is -2.09. The largest absolute Gasteiger partial charge is 0.248 e. The third kappa shape index (κ3) is 1.63. The fourth-order valence-electron chi connectivity index (χ4n) is 1.27.